The smallest absolute Gasteiger partial charge is 0.220 e. The van der Waals surface area contributed by atoms with Crippen LogP contribution in [0.15, 0.2) is 36.5 Å². The van der Waals surface area contributed by atoms with Crippen LogP contribution in [0, 0.1) is 11.8 Å². The number of benzene rings is 1. The number of amides is 1. The molecule has 2 aromatic rings. The molecule has 2 fully saturated rings. The van der Waals surface area contributed by atoms with Gasteiger partial charge in [-0.05, 0) is 55.2 Å². The van der Waals surface area contributed by atoms with E-state index in [0.717, 1.165) is 29.3 Å². The molecule has 0 bridgehead atoms. The van der Waals surface area contributed by atoms with Crippen LogP contribution in [0.5, 0.6) is 0 Å². The zero-order valence-corrected chi connectivity index (χ0v) is 13.1. The number of fused-ring (bicyclic) bond motifs is 1. The molecule has 23 heavy (non-hydrogen) atoms. The second-order valence-corrected chi connectivity index (χ2v) is 7.04. The molecule has 0 spiro atoms. The van der Waals surface area contributed by atoms with Gasteiger partial charge in [-0.3, -0.25) is 9.78 Å². The van der Waals surface area contributed by atoms with Crippen molar-refractivity contribution in [3.63, 3.8) is 0 Å². The quantitative estimate of drug-likeness (QED) is 0.892. The van der Waals surface area contributed by atoms with Gasteiger partial charge in [-0.25, -0.2) is 0 Å². The van der Waals surface area contributed by atoms with Crippen molar-refractivity contribution in [2.24, 2.45) is 11.8 Å². The van der Waals surface area contributed by atoms with E-state index in [2.05, 4.69) is 16.4 Å². The van der Waals surface area contributed by atoms with Crippen molar-refractivity contribution >= 4 is 16.8 Å². The van der Waals surface area contributed by atoms with E-state index in [-0.39, 0.29) is 18.1 Å². The van der Waals surface area contributed by atoms with Gasteiger partial charge in [0.05, 0.1) is 17.7 Å². The molecule has 1 unspecified atom stereocenters. The van der Waals surface area contributed by atoms with Gasteiger partial charge >= 0.3 is 0 Å². The molecular formula is C19H22N2O2. The maximum absolute atomic E-state index is 12.3. The second kappa shape index (κ2) is 5.93. The van der Waals surface area contributed by atoms with E-state index in [1.807, 2.05) is 30.5 Å². The van der Waals surface area contributed by atoms with Crippen molar-refractivity contribution < 1.29 is 9.90 Å². The molecule has 4 heteroatoms. The Hall–Kier alpha value is -1.94. The molecule has 2 saturated carbocycles. The molecule has 2 aliphatic carbocycles. The molecule has 1 aromatic heterocycles. The number of aliphatic hydroxyl groups excluding tert-OH is 1. The van der Waals surface area contributed by atoms with E-state index in [1.165, 1.54) is 12.8 Å². The average Bonchev–Trinajstić information content (AvgIpc) is 3.33. The van der Waals surface area contributed by atoms with Crippen molar-refractivity contribution in [1.82, 2.24) is 10.3 Å². The van der Waals surface area contributed by atoms with Gasteiger partial charge in [0.25, 0.3) is 0 Å². The van der Waals surface area contributed by atoms with Crippen LogP contribution in [0.3, 0.4) is 0 Å². The first-order valence-corrected chi connectivity index (χ1v) is 8.51. The van der Waals surface area contributed by atoms with Crippen LogP contribution >= 0.6 is 0 Å². The summed E-state index contributed by atoms with van der Waals surface area (Å²) in [5.41, 5.74) is 2.01. The van der Waals surface area contributed by atoms with Crippen LogP contribution < -0.4 is 5.32 Å². The molecule has 0 radical (unpaired) electrons. The summed E-state index contributed by atoms with van der Waals surface area (Å²) < 4.78 is 0. The van der Waals surface area contributed by atoms with Gasteiger partial charge in [-0.2, -0.15) is 0 Å². The number of nitrogens with zero attached hydrogens (tertiary/aromatic N) is 1. The Labute approximate surface area is 135 Å². The first kappa shape index (κ1) is 14.6. The molecule has 1 heterocycles. The van der Waals surface area contributed by atoms with E-state index < -0.39 is 0 Å². The average molecular weight is 310 g/mol. The summed E-state index contributed by atoms with van der Waals surface area (Å²) in [5.74, 6) is 1.01. The SMILES string of the molecule is O=C(CC1CC1)NC(c1cnc2ccccc2c1)C1CC(O)C1. The Kier molecular flexibility index (Phi) is 3.77. The van der Waals surface area contributed by atoms with Crippen LogP contribution in [-0.2, 0) is 4.79 Å². The Morgan fingerprint density at radius 3 is 2.83 bits per heavy atom. The number of rotatable bonds is 5. The first-order valence-electron chi connectivity index (χ1n) is 8.51. The fourth-order valence-corrected chi connectivity index (χ4v) is 3.45. The normalized spacial score (nSPS) is 24.9. The Bertz CT molecular complexity index is 720. The largest absolute Gasteiger partial charge is 0.393 e. The van der Waals surface area contributed by atoms with E-state index >= 15 is 0 Å². The van der Waals surface area contributed by atoms with Crippen LogP contribution in [0.25, 0.3) is 10.9 Å². The highest BCUT2D eigenvalue weighted by atomic mass is 16.3. The van der Waals surface area contributed by atoms with Gasteiger partial charge < -0.3 is 10.4 Å². The summed E-state index contributed by atoms with van der Waals surface area (Å²) in [6.07, 6.45) is 6.14. The number of hydrogen-bond donors (Lipinski definition) is 2. The molecule has 0 aliphatic heterocycles. The van der Waals surface area contributed by atoms with Crippen molar-refractivity contribution in [2.75, 3.05) is 0 Å². The lowest BCUT2D eigenvalue weighted by Crippen LogP contribution is -2.41. The topological polar surface area (TPSA) is 62.2 Å². The molecule has 0 saturated heterocycles. The molecule has 4 nitrogen and oxygen atoms in total. The number of carbonyl (C=O) groups excluding carboxylic acids is 1. The fraction of sp³-hybridized carbons (Fsp3) is 0.474. The van der Waals surface area contributed by atoms with E-state index in [4.69, 9.17) is 0 Å². The van der Waals surface area contributed by atoms with Gasteiger partial charge in [0.2, 0.25) is 5.91 Å². The van der Waals surface area contributed by atoms with Gasteiger partial charge in [0.15, 0.2) is 0 Å². The number of carbonyl (C=O) groups is 1. The fourth-order valence-electron chi connectivity index (χ4n) is 3.45. The molecule has 1 aromatic carbocycles. The molecule has 120 valence electrons. The number of hydrogen-bond acceptors (Lipinski definition) is 3. The second-order valence-electron chi connectivity index (χ2n) is 7.04. The summed E-state index contributed by atoms with van der Waals surface area (Å²) in [5, 5.41) is 13.9. The van der Waals surface area contributed by atoms with Crippen LogP contribution in [0.1, 0.15) is 43.7 Å². The van der Waals surface area contributed by atoms with Gasteiger partial charge in [0, 0.05) is 18.0 Å². The number of pyridine rings is 1. The summed E-state index contributed by atoms with van der Waals surface area (Å²) in [6.45, 7) is 0. The highest BCUT2D eigenvalue weighted by Gasteiger charge is 2.36. The van der Waals surface area contributed by atoms with Crippen molar-refractivity contribution in [1.29, 1.82) is 0 Å². The lowest BCUT2D eigenvalue weighted by atomic mass is 9.75. The number of para-hydroxylation sites is 1. The molecule has 1 amide bonds. The zero-order valence-electron chi connectivity index (χ0n) is 13.1. The maximum Gasteiger partial charge on any atom is 0.220 e. The highest BCUT2D eigenvalue weighted by molar-refractivity contribution is 5.80. The third-order valence-corrected chi connectivity index (χ3v) is 5.08. The summed E-state index contributed by atoms with van der Waals surface area (Å²) >= 11 is 0. The van der Waals surface area contributed by atoms with Crippen LogP contribution in [0.2, 0.25) is 0 Å². The number of nitrogens with one attached hydrogen (secondary N) is 1. The third-order valence-electron chi connectivity index (χ3n) is 5.08. The third kappa shape index (κ3) is 3.22. The molecule has 2 aliphatic rings. The molecule has 1 atom stereocenters. The minimum absolute atomic E-state index is 0.0400. The van der Waals surface area contributed by atoms with E-state index in [0.29, 0.717) is 18.3 Å². The summed E-state index contributed by atoms with van der Waals surface area (Å²) in [4.78, 5) is 16.8. The molecular weight excluding hydrogens is 288 g/mol. The van der Waals surface area contributed by atoms with Gasteiger partial charge in [0.1, 0.15) is 0 Å². The van der Waals surface area contributed by atoms with Gasteiger partial charge in [-0.15, -0.1) is 0 Å². The Balaban J connectivity index is 1.58. The van der Waals surface area contributed by atoms with Crippen LogP contribution in [-0.4, -0.2) is 22.1 Å². The number of aromatic nitrogens is 1. The van der Waals surface area contributed by atoms with Crippen molar-refractivity contribution in [3.8, 4) is 0 Å². The Morgan fingerprint density at radius 2 is 2.09 bits per heavy atom. The predicted molar refractivity (Wildman–Crippen MR) is 88.7 cm³/mol. The maximum atomic E-state index is 12.3. The van der Waals surface area contributed by atoms with Crippen LogP contribution in [0.4, 0.5) is 0 Å². The van der Waals surface area contributed by atoms with E-state index in [1.54, 1.807) is 0 Å². The van der Waals surface area contributed by atoms with E-state index in [9.17, 15) is 9.90 Å². The minimum atomic E-state index is -0.226. The molecule has 2 N–H and O–H groups in total. The lowest BCUT2D eigenvalue weighted by Gasteiger charge is -2.38. The summed E-state index contributed by atoms with van der Waals surface area (Å²) in [6, 6.07) is 10.1. The predicted octanol–water partition coefficient (Wildman–Crippen LogP) is 2.96. The first-order chi connectivity index (χ1) is 11.2. The lowest BCUT2D eigenvalue weighted by molar-refractivity contribution is -0.123. The molecule has 4 rings (SSSR count). The van der Waals surface area contributed by atoms with Gasteiger partial charge in [-0.1, -0.05) is 18.2 Å². The summed E-state index contributed by atoms with van der Waals surface area (Å²) in [7, 11) is 0. The highest BCUT2D eigenvalue weighted by Crippen LogP contribution is 2.39. The minimum Gasteiger partial charge on any atom is -0.393 e. The Morgan fingerprint density at radius 1 is 1.30 bits per heavy atom. The monoisotopic (exact) mass is 310 g/mol. The number of aliphatic hydroxyl groups is 1. The standard InChI is InChI=1S/C19H22N2O2/c22-16-9-14(10-16)19(21-18(23)7-12-5-6-12)15-8-13-3-1-2-4-17(13)20-11-15/h1-4,8,11-12,14,16,19,22H,5-7,9-10H2,(H,21,23). The van der Waals surface area contributed by atoms with Crippen molar-refractivity contribution in [3.05, 3.63) is 42.1 Å². The zero-order chi connectivity index (χ0) is 15.8. The van der Waals surface area contributed by atoms with Crippen molar-refractivity contribution in [2.45, 2.75) is 44.2 Å².